The second kappa shape index (κ2) is 8.44. The van der Waals surface area contributed by atoms with Crippen molar-refractivity contribution in [3.63, 3.8) is 0 Å². The molecule has 0 aliphatic rings. The third-order valence-electron chi connectivity index (χ3n) is 4.31. The molecule has 132 valence electrons. The number of benzene rings is 2. The van der Waals surface area contributed by atoms with Crippen LogP contribution in [0.3, 0.4) is 0 Å². The number of anilines is 1. The number of rotatable bonds is 7. The smallest absolute Gasteiger partial charge is 0.282 e. The van der Waals surface area contributed by atoms with Crippen LogP contribution in [0, 0.1) is 0 Å². The van der Waals surface area contributed by atoms with Crippen molar-refractivity contribution < 1.29 is 19.2 Å². The van der Waals surface area contributed by atoms with E-state index in [-0.39, 0.29) is 17.7 Å². The van der Waals surface area contributed by atoms with Crippen LogP contribution in [-0.2, 0) is 11.3 Å². The molecule has 0 spiro atoms. The SMILES string of the molecule is COc1ccc(C[NH+](C)[C@@H](C)C(=O)Nc2cccc(C(C)=O)c2)cc1. The van der Waals surface area contributed by atoms with Gasteiger partial charge in [-0.2, -0.15) is 0 Å². The summed E-state index contributed by atoms with van der Waals surface area (Å²) < 4.78 is 5.16. The monoisotopic (exact) mass is 341 g/mol. The molecule has 2 N–H and O–H groups in total. The summed E-state index contributed by atoms with van der Waals surface area (Å²) in [5.41, 5.74) is 2.36. The first-order valence-electron chi connectivity index (χ1n) is 8.28. The van der Waals surface area contributed by atoms with Gasteiger partial charge in [0.15, 0.2) is 11.8 Å². The Bertz CT molecular complexity index is 741. The molecule has 0 saturated carbocycles. The van der Waals surface area contributed by atoms with Crippen LogP contribution in [0.25, 0.3) is 0 Å². The van der Waals surface area contributed by atoms with Crippen molar-refractivity contribution >= 4 is 17.4 Å². The topological polar surface area (TPSA) is 59.8 Å². The number of methoxy groups -OCH3 is 1. The number of Topliss-reactive ketones (excluding diaryl/α,β-unsaturated/α-hetero) is 1. The highest BCUT2D eigenvalue weighted by molar-refractivity contribution is 5.97. The van der Waals surface area contributed by atoms with Crippen molar-refractivity contribution in [2.24, 2.45) is 0 Å². The van der Waals surface area contributed by atoms with Gasteiger partial charge in [-0.15, -0.1) is 0 Å². The summed E-state index contributed by atoms with van der Waals surface area (Å²) in [5, 5.41) is 2.89. The van der Waals surface area contributed by atoms with Gasteiger partial charge in [-0.05, 0) is 50.2 Å². The molecule has 2 aromatic rings. The molecule has 1 unspecified atom stereocenters. The minimum Gasteiger partial charge on any atom is -0.497 e. The van der Waals surface area contributed by atoms with E-state index in [0.717, 1.165) is 22.8 Å². The van der Waals surface area contributed by atoms with Crippen LogP contribution < -0.4 is 15.0 Å². The van der Waals surface area contributed by atoms with Gasteiger partial charge in [-0.3, -0.25) is 9.59 Å². The Labute approximate surface area is 148 Å². The third kappa shape index (κ3) is 5.16. The zero-order valence-corrected chi connectivity index (χ0v) is 15.1. The van der Waals surface area contributed by atoms with E-state index < -0.39 is 0 Å². The van der Waals surface area contributed by atoms with Crippen molar-refractivity contribution in [1.29, 1.82) is 0 Å². The van der Waals surface area contributed by atoms with E-state index in [0.29, 0.717) is 11.3 Å². The lowest BCUT2D eigenvalue weighted by atomic mass is 10.1. The molecular formula is C20H25N2O3+. The summed E-state index contributed by atoms with van der Waals surface area (Å²) in [5.74, 6) is 0.718. The van der Waals surface area contributed by atoms with Gasteiger partial charge in [0.25, 0.3) is 5.91 Å². The zero-order chi connectivity index (χ0) is 18.4. The van der Waals surface area contributed by atoms with Crippen molar-refractivity contribution in [3.8, 4) is 5.75 Å². The van der Waals surface area contributed by atoms with Crippen molar-refractivity contribution in [2.75, 3.05) is 19.5 Å². The molecule has 0 saturated heterocycles. The number of hydrogen-bond acceptors (Lipinski definition) is 3. The molecule has 5 heteroatoms. The van der Waals surface area contributed by atoms with E-state index in [1.165, 1.54) is 6.92 Å². The van der Waals surface area contributed by atoms with E-state index in [1.807, 2.05) is 38.2 Å². The van der Waals surface area contributed by atoms with Gasteiger partial charge >= 0.3 is 0 Å². The minimum absolute atomic E-state index is 0.0219. The molecule has 2 atom stereocenters. The number of likely N-dealkylation sites (N-methyl/N-ethyl adjacent to an activating group) is 1. The number of quaternary nitrogens is 1. The maximum atomic E-state index is 12.5. The fourth-order valence-corrected chi connectivity index (χ4v) is 2.51. The molecule has 0 bridgehead atoms. The van der Waals surface area contributed by atoms with Crippen LogP contribution in [0.4, 0.5) is 5.69 Å². The summed E-state index contributed by atoms with van der Waals surface area (Å²) >= 11 is 0. The van der Waals surface area contributed by atoms with E-state index in [4.69, 9.17) is 4.74 Å². The summed E-state index contributed by atoms with van der Waals surface area (Å²) in [6, 6.07) is 14.6. The van der Waals surface area contributed by atoms with E-state index >= 15 is 0 Å². The predicted octanol–water partition coefficient (Wildman–Crippen LogP) is 1.94. The Morgan fingerprint density at radius 3 is 2.44 bits per heavy atom. The quantitative estimate of drug-likeness (QED) is 0.757. The van der Waals surface area contributed by atoms with E-state index in [9.17, 15) is 9.59 Å². The Morgan fingerprint density at radius 2 is 1.84 bits per heavy atom. The summed E-state index contributed by atoms with van der Waals surface area (Å²) in [6.07, 6.45) is 0. The average molecular weight is 341 g/mol. The number of carbonyl (C=O) groups is 2. The second-order valence-corrected chi connectivity index (χ2v) is 6.22. The van der Waals surface area contributed by atoms with Crippen LogP contribution in [-0.4, -0.2) is 31.9 Å². The molecule has 0 radical (unpaired) electrons. The van der Waals surface area contributed by atoms with Gasteiger partial charge in [0.05, 0.1) is 14.2 Å². The Hall–Kier alpha value is -2.66. The maximum absolute atomic E-state index is 12.5. The van der Waals surface area contributed by atoms with E-state index in [2.05, 4.69) is 5.32 Å². The molecule has 0 heterocycles. The van der Waals surface area contributed by atoms with Crippen molar-refractivity contribution in [2.45, 2.75) is 26.4 Å². The zero-order valence-electron chi connectivity index (χ0n) is 15.1. The second-order valence-electron chi connectivity index (χ2n) is 6.22. The number of carbonyl (C=O) groups excluding carboxylic acids is 2. The van der Waals surface area contributed by atoms with Crippen LogP contribution in [0.15, 0.2) is 48.5 Å². The highest BCUT2D eigenvalue weighted by atomic mass is 16.5. The highest BCUT2D eigenvalue weighted by Gasteiger charge is 2.22. The standard InChI is InChI=1S/C20H24N2O3/c1-14(22(3)13-16-8-10-19(25-4)11-9-16)20(24)21-18-7-5-6-17(12-18)15(2)23/h5-12,14H,13H2,1-4H3,(H,21,24)/p+1/t14-/m0/s1. The number of amides is 1. The van der Waals surface area contributed by atoms with E-state index in [1.54, 1.807) is 31.4 Å². The number of hydrogen-bond donors (Lipinski definition) is 2. The third-order valence-corrected chi connectivity index (χ3v) is 4.31. The van der Waals surface area contributed by atoms with Gasteiger partial charge in [-0.25, -0.2) is 0 Å². The lowest BCUT2D eigenvalue weighted by Crippen LogP contribution is -3.12. The van der Waals surface area contributed by atoms with Crippen LogP contribution in [0.5, 0.6) is 5.75 Å². The van der Waals surface area contributed by atoms with Gasteiger partial charge < -0.3 is 15.0 Å². The normalized spacial score (nSPS) is 13.0. The Morgan fingerprint density at radius 1 is 1.16 bits per heavy atom. The van der Waals surface area contributed by atoms with Crippen molar-refractivity contribution in [1.82, 2.24) is 0 Å². The van der Waals surface area contributed by atoms with Crippen LogP contribution in [0.2, 0.25) is 0 Å². The predicted molar refractivity (Wildman–Crippen MR) is 98.1 cm³/mol. The fraction of sp³-hybridized carbons (Fsp3) is 0.300. The minimum atomic E-state index is -0.233. The molecule has 2 aromatic carbocycles. The summed E-state index contributed by atoms with van der Waals surface area (Å²) in [6.45, 7) is 4.13. The molecule has 2 rings (SSSR count). The molecule has 0 aliphatic heterocycles. The van der Waals surface area contributed by atoms with Crippen LogP contribution >= 0.6 is 0 Å². The molecule has 1 amide bonds. The van der Waals surface area contributed by atoms with Gasteiger partial charge in [-0.1, -0.05) is 12.1 Å². The van der Waals surface area contributed by atoms with Crippen molar-refractivity contribution in [3.05, 3.63) is 59.7 Å². The first-order chi connectivity index (χ1) is 11.9. The fourth-order valence-electron chi connectivity index (χ4n) is 2.51. The molecule has 0 fully saturated rings. The number of ketones is 1. The molecule has 0 aliphatic carbocycles. The first kappa shape index (κ1) is 18.7. The Balaban J connectivity index is 1.98. The average Bonchev–Trinajstić information content (AvgIpc) is 2.61. The van der Waals surface area contributed by atoms with Gasteiger partial charge in [0.2, 0.25) is 0 Å². The largest absolute Gasteiger partial charge is 0.497 e. The molecule has 25 heavy (non-hydrogen) atoms. The maximum Gasteiger partial charge on any atom is 0.282 e. The number of nitrogens with one attached hydrogen (secondary N) is 2. The van der Waals surface area contributed by atoms with Gasteiger partial charge in [0, 0.05) is 16.8 Å². The lowest BCUT2D eigenvalue weighted by Gasteiger charge is -2.21. The summed E-state index contributed by atoms with van der Waals surface area (Å²) in [7, 11) is 3.63. The van der Waals surface area contributed by atoms with Gasteiger partial charge in [0.1, 0.15) is 12.3 Å². The molecular weight excluding hydrogens is 316 g/mol. The lowest BCUT2D eigenvalue weighted by molar-refractivity contribution is -0.907. The number of ether oxygens (including phenoxy) is 1. The molecule has 0 aromatic heterocycles. The summed E-state index contributed by atoms with van der Waals surface area (Å²) in [4.78, 5) is 25.0. The highest BCUT2D eigenvalue weighted by Crippen LogP contribution is 2.12. The first-order valence-corrected chi connectivity index (χ1v) is 8.28. The van der Waals surface area contributed by atoms with Crippen LogP contribution in [0.1, 0.15) is 29.8 Å². The Kier molecular flexibility index (Phi) is 6.31. The molecule has 5 nitrogen and oxygen atoms in total.